The van der Waals surface area contributed by atoms with Crippen molar-refractivity contribution in [1.82, 2.24) is 15.2 Å². The van der Waals surface area contributed by atoms with Gasteiger partial charge in [0.25, 0.3) is 0 Å². The van der Waals surface area contributed by atoms with Crippen LogP contribution in [0, 0.1) is 6.92 Å². The summed E-state index contributed by atoms with van der Waals surface area (Å²) in [4.78, 5) is 30.9. The van der Waals surface area contributed by atoms with Crippen LogP contribution in [0.2, 0.25) is 0 Å². The molecule has 0 saturated carbocycles. The Hall–Kier alpha value is -2.94. The minimum atomic E-state index is -1.37. The summed E-state index contributed by atoms with van der Waals surface area (Å²) in [7, 11) is 0. The number of allylic oxidation sites excluding steroid dienone is 2. The maximum atomic E-state index is 14.2. The van der Waals surface area contributed by atoms with Crippen molar-refractivity contribution in [2.45, 2.75) is 64.4 Å². The van der Waals surface area contributed by atoms with Gasteiger partial charge in [0, 0.05) is 12.2 Å². The number of anilines is 1. The molecule has 0 aromatic carbocycles. The molecule has 3 rings (SSSR count). The highest BCUT2D eigenvalue weighted by Crippen LogP contribution is 2.29. The van der Waals surface area contributed by atoms with Crippen LogP contribution in [0.3, 0.4) is 0 Å². The molecule has 1 aliphatic heterocycles. The minimum absolute atomic E-state index is 0.147. The number of nitrogens with zero attached hydrogens (tertiary/aromatic N) is 2. The highest BCUT2D eigenvalue weighted by Gasteiger charge is 2.38. The Kier molecular flexibility index (Phi) is 7.18. The largest absolute Gasteiger partial charge is 0.444 e. The Morgan fingerprint density at radius 2 is 2.09 bits per heavy atom. The Balaban J connectivity index is 1.68. The molecule has 0 spiro atoms. The number of aryl methyl sites for hydroxylation is 1. The second-order valence-corrected chi connectivity index (χ2v) is 9.11. The van der Waals surface area contributed by atoms with E-state index in [9.17, 15) is 14.0 Å². The van der Waals surface area contributed by atoms with Gasteiger partial charge in [-0.05, 0) is 64.8 Å². The molecule has 2 aliphatic rings. The Labute approximate surface area is 187 Å². The van der Waals surface area contributed by atoms with Crippen molar-refractivity contribution in [3.05, 3.63) is 48.1 Å². The van der Waals surface area contributed by atoms with Crippen molar-refractivity contribution in [3.8, 4) is 0 Å². The summed E-state index contributed by atoms with van der Waals surface area (Å²) in [6, 6.07) is 2.96. The molecule has 9 heteroatoms. The van der Waals surface area contributed by atoms with Gasteiger partial charge in [0.05, 0.1) is 31.0 Å². The topological polar surface area (TPSA) is 92.8 Å². The molecule has 0 bridgehead atoms. The number of nitrogens with one attached hydrogen (secondary N) is 2. The third kappa shape index (κ3) is 6.78. The van der Waals surface area contributed by atoms with Crippen LogP contribution in [-0.2, 0) is 9.47 Å². The third-order valence-corrected chi connectivity index (χ3v) is 4.98. The van der Waals surface area contributed by atoms with Gasteiger partial charge in [0.2, 0.25) is 0 Å². The van der Waals surface area contributed by atoms with Crippen molar-refractivity contribution >= 4 is 17.8 Å². The molecule has 1 saturated heterocycles. The van der Waals surface area contributed by atoms with Gasteiger partial charge in [-0.25, -0.2) is 14.0 Å². The quantitative estimate of drug-likeness (QED) is 0.667. The highest BCUT2D eigenvalue weighted by molar-refractivity contribution is 5.89. The first-order valence-corrected chi connectivity index (χ1v) is 10.8. The molecular weight excluding hydrogens is 415 g/mol. The van der Waals surface area contributed by atoms with Gasteiger partial charge in [-0.2, -0.15) is 0 Å². The van der Waals surface area contributed by atoms with Crippen LogP contribution in [0.1, 0.15) is 45.7 Å². The lowest BCUT2D eigenvalue weighted by Crippen LogP contribution is -2.55. The molecule has 32 heavy (non-hydrogen) atoms. The second-order valence-electron chi connectivity index (χ2n) is 9.11. The molecule has 3 amide bonds. The molecule has 1 aliphatic carbocycles. The summed E-state index contributed by atoms with van der Waals surface area (Å²) in [5.74, 6) is -0.412. The van der Waals surface area contributed by atoms with Crippen LogP contribution in [0.4, 0.5) is 19.7 Å². The number of carbonyl (C=O) groups is 2. The molecular formula is C23H31FN4O4. The van der Waals surface area contributed by atoms with E-state index in [-0.39, 0.29) is 6.42 Å². The lowest BCUT2D eigenvalue weighted by molar-refractivity contribution is -0.101. The van der Waals surface area contributed by atoms with Crippen LogP contribution in [-0.4, -0.2) is 52.5 Å². The smallest absolute Gasteiger partial charge is 0.410 e. The summed E-state index contributed by atoms with van der Waals surface area (Å²) < 4.78 is 25.9. The number of urea groups is 1. The lowest BCUT2D eigenvalue weighted by Gasteiger charge is -2.40. The van der Waals surface area contributed by atoms with E-state index in [2.05, 4.69) is 15.6 Å². The first-order chi connectivity index (χ1) is 15.0. The number of amides is 3. The van der Waals surface area contributed by atoms with Crippen molar-refractivity contribution in [2.24, 2.45) is 0 Å². The SMILES string of the molecule is Cc1ccc(NC(=O)NC2(OC3CCCN(C(=O)OC(C)(C)C)C3)C=CC=C(F)C2)cn1. The van der Waals surface area contributed by atoms with E-state index in [4.69, 9.17) is 9.47 Å². The number of pyridine rings is 1. The van der Waals surface area contributed by atoms with Crippen LogP contribution < -0.4 is 10.6 Å². The zero-order chi connectivity index (χ0) is 23.4. The number of halogens is 1. The third-order valence-electron chi connectivity index (χ3n) is 4.98. The monoisotopic (exact) mass is 446 g/mol. The van der Waals surface area contributed by atoms with Gasteiger partial charge in [0.1, 0.15) is 11.4 Å². The Bertz CT molecular complexity index is 894. The van der Waals surface area contributed by atoms with Gasteiger partial charge < -0.3 is 25.0 Å². The number of piperidine rings is 1. The van der Waals surface area contributed by atoms with Gasteiger partial charge in [-0.1, -0.05) is 6.08 Å². The lowest BCUT2D eigenvalue weighted by atomic mass is 10.0. The predicted molar refractivity (Wildman–Crippen MR) is 119 cm³/mol. The zero-order valence-corrected chi connectivity index (χ0v) is 19.0. The maximum Gasteiger partial charge on any atom is 0.410 e. The van der Waals surface area contributed by atoms with E-state index in [1.807, 2.05) is 27.7 Å². The summed E-state index contributed by atoms with van der Waals surface area (Å²) >= 11 is 0. The maximum absolute atomic E-state index is 14.2. The molecule has 1 fully saturated rings. The first kappa shape index (κ1) is 23.7. The summed E-state index contributed by atoms with van der Waals surface area (Å²) in [6.45, 7) is 8.13. The second kappa shape index (κ2) is 9.68. The normalized spacial score (nSPS) is 23.3. The average Bonchev–Trinajstić information content (AvgIpc) is 2.68. The van der Waals surface area contributed by atoms with Crippen molar-refractivity contribution in [2.75, 3.05) is 18.4 Å². The van der Waals surface area contributed by atoms with Crippen molar-refractivity contribution in [1.29, 1.82) is 0 Å². The highest BCUT2D eigenvalue weighted by atomic mass is 19.1. The molecule has 0 radical (unpaired) electrons. The van der Waals surface area contributed by atoms with Gasteiger partial charge in [-0.3, -0.25) is 4.98 Å². The molecule has 8 nitrogen and oxygen atoms in total. The molecule has 2 atom stereocenters. The van der Waals surface area contributed by atoms with Gasteiger partial charge in [-0.15, -0.1) is 0 Å². The standard InChI is InChI=1S/C23H31FN4O4/c1-16-9-10-18(14-25-16)26-20(29)27-23(11-5-7-17(24)13-23)31-19-8-6-12-28(15-19)21(30)32-22(2,3)4/h5,7,9-11,14,19H,6,8,12-13,15H2,1-4H3,(H2,26,27,29). The number of ether oxygens (including phenoxy) is 2. The summed E-state index contributed by atoms with van der Waals surface area (Å²) in [5, 5.41) is 5.45. The molecule has 1 aromatic rings. The predicted octanol–water partition coefficient (Wildman–Crippen LogP) is 4.44. The number of likely N-dealkylation sites (tertiary alicyclic amines) is 1. The van der Waals surface area contributed by atoms with E-state index in [0.29, 0.717) is 31.6 Å². The summed E-state index contributed by atoms with van der Waals surface area (Å²) in [6.07, 6.45) is 6.44. The fourth-order valence-electron chi connectivity index (χ4n) is 3.59. The summed E-state index contributed by atoms with van der Waals surface area (Å²) in [5.41, 5.74) is -0.642. The van der Waals surface area contributed by atoms with Crippen LogP contribution in [0.25, 0.3) is 0 Å². The number of carbonyl (C=O) groups excluding carboxylic acids is 2. The molecule has 2 N–H and O–H groups in total. The zero-order valence-electron chi connectivity index (χ0n) is 19.0. The molecule has 1 aromatic heterocycles. The minimum Gasteiger partial charge on any atom is -0.444 e. The van der Waals surface area contributed by atoms with E-state index < -0.39 is 35.4 Å². The number of rotatable bonds is 4. The van der Waals surface area contributed by atoms with E-state index >= 15 is 0 Å². The van der Waals surface area contributed by atoms with Crippen molar-refractivity contribution < 1.29 is 23.5 Å². The van der Waals surface area contributed by atoms with Crippen LogP contribution in [0.15, 0.2) is 42.4 Å². The van der Waals surface area contributed by atoms with Crippen LogP contribution in [0.5, 0.6) is 0 Å². The van der Waals surface area contributed by atoms with Crippen LogP contribution >= 0.6 is 0 Å². The molecule has 174 valence electrons. The van der Waals surface area contributed by atoms with Crippen molar-refractivity contribution in [3.63, 3.8) is 0 Å². The van der Waals surface area contributed by atoms with E-state index in [1.165, 1.54) is 12.2 Å². The number of hydrogen-bond donors (Lipinski definition) is 2. The average molecular weight is 447 g/mol. The number of aromatic nitrogens is 1. The van der Waals surface area contributed by atoms with E-state index in [1.54, 1.807) is 29.3 Å². The number of hydrogen-bond acceptors (Lipinski definition) is 5. The molecule has 2 heterocycles. The van der Waals surface area contributed by atoms with Gasteiger partial charge in [0.15, 0.2) is 5.72 Å². The fraction of sp³-hybridized carbons (Fsp3) is 0.522. The Morgan fingerprint density at radius 3 is 2.75 bits per heavy atom. The Morgan fingerprint density at radius 1 is 1.31 bits per heavy atom. The van der Waals surface area contributed by atoms with E-state index in [0.717, 1.165) is 5.69 Å². The first-order valence-electron chi connectivity index (χ1n) is 10.8. The molecule has 2 unspecified atom stereocenters. The van der Waals surface area contributed by atoms with Gasteiger partial charge >= 0.3 is 12.1 Å². The fourth-order valence-corrected chi connectivity index (χ4v) is 3.59.